The van der Waals surface area contributed by atoms with E-state index >= 15 is 0 Å². The number of amides is 2. The lowest BCUT2D eigenvalue weighted by molar-refractivity contribution is -0.120. The fraction of sp³-hybridized carbons (Fsp3) is 0.192. The quantitative estimate of drug-likeness (QED) is 0.223. The van der Waals surface area contributed by atoms with E-state index in [4.69, 9.17) is 15.9 Å². The molecule has 0 aliphatic rings. The van der Waals surface area contributed by atoms with E-state index < -0.39 is 0 Å². The molecule has 0 aliphatic carbocycles. The summed E-state index contributed by atoms with van der Waals surface area (Å²) in [5.74, 6) is 0.407. The van der Waals surface area contributed by atoms with Crippen molar-refractivity contribution in [2.24, 2.45) is 0 Å². The van der Waals surface area contributed by atoms with E-state index in [9.17, 15) is 9.59 Å². The number of rotatable bonds is 9. The van der Waals surface area contributed by atoms with Gasteiger partial charge in [-0.3, -0.25) is 15.0 Å². The minimum atomic E-state index is -0.216. The average molecular weight is 460 g/mol. The van der Waals surface area contributed by atoms with Gasteiger partial charge >= 0.3 is 0 Å². The topological polar surface area (TPSA) is 121 Å². The Kier molecular flexibility index (Phi) is 8.23. The van der Waals surface area contributed by atoms with Crippen LogP contribution in [0.5, 0.6) is 5.75 Å². The van der Waals surface area contributed by atoms with Crippen LogP contribution in [-0.4, -0.2) is 43.2 Å². The van der Waals surface area contributed by atoms with Crippen molar-refractivity contribution >= 4 is 29.0 Å². The number of nitrogens with two attached hydrogens (primary N) is 1. The highest BCUT2D eigenvalue weighted by Gasteiger charge is 2.15. The molecule has 34 heavy (non-hydrogen) atoms. The Morgan fingerprint density at radius 2 is 1.68 bits per heavy atom. The predicted molar refractivity (Wildman–Crippen MR) is 134 cm³/mol. The van der Waals surface area contributed by atoms with Crippen molar-refractivity contribution in [2.45, 2.75) is 13.0 Å². The molecule has 0 heterocycles. The van der Waals surface area contributed by atoms with Gasteiger partial charge in [0.15, 0.2) is 0 Å². The maximum absolute atomic E-state index is 12.6. The first-order chi connectivity index (χ1) is 16.4. The second-order valence-electron chi connectivity index (χ2n) is 7.82. The second kappa shape index (κ2) is 11.5. The van der Waals surface area contributed by atoms with E-state index in [2.05, 4.69) is 10.6 Å². The summed E-state index contributed by atoms with van der Waals surface area (Å²) in [6, 6.07) is 22.3. The molecule has 3 aromatic carbocycles. The highest BCUT2D eigenvalue weighted by molar-refractivity contribution is 6.04. The molecular weight excluding hydrogens is 430 g/mol. The van der Waals surface area contributed by atoms with Crippen molar-refractivity contribution in [3.63, 3.8) is 0 Å². The van der Waals surface area contributed by atoms with Crippen LogP contribution >= 0.6 is 0 Å². The van der Waals surface area contributed by atoms with Gasteiger partial charge in [0.05, 0.1) is 13.0 Å². The monoisotopic (exact) mass is 459 g/mol. The van der Waals surface area contributed by atoms with Gasteiger partial charge in [-0.05, 0) is 41.5 Å². The van der Waals surface area contributed by atoms with Gasteiger partial charge in [0.2, 0.25) is 11.8 Å². The van der Waals surface area contributed by atoms with Gasteiger partial charge in [0.25, 0.3) is 0 Å². The van der Waals surface area contributed by atoms with Crippen molar-refractivity contribution in [3.8, 4) is 5.75 Å². The van der Waals surface area contributed by atoms with Crippen LogP contribution in [0.1, 0.15) is 16.7 Å². The molecule has 3 rings (SSSR count). The predicted octanol–water partition coefficient (Wildman–Crippen LogP) is 3.03. The van der Waals surface area contributed by atoms with Crippen molar-refractivity contribution in [1.82, 2.24) is 10.2 Å². The van der Waals surface area contributed by atoms with Gasteiger partial charge in [0, 0.05) is 31.0 Å². The molecule has 0 aromatic heterocycles. The molecule has 0 saturated heterocycles. The van der Waals surface area contributed by atoms with Crippen molar-refractivity contribution in [3.05, 3.63) is 89.5 Å². The highest BCUT2D eigenvalue weighted by atomic mass is 16.5. The van der Waals surface area contributed by atoms with Crippen LogP contribution in [0.4, 0.5) is 11.4 Å². The number of hydrogen-bond acceptors (Lipinski definition) is 5. The van der Waals surface area contributed by atoms with Crippen LogP contribution in [0.3, 0.4) is 0 Å². The molecule has 3 aromatic rings. The minimum Gasteiger partial charge on any atom is -0.489 e. The molecule has 0 atom stereocenters. The Hall–Kier alpha value is -4.33. The number of likely N-dealkylation sites (N-methyl/N-ethyl adjacent to an activating group) is 2. The summed E-state index contributed by atoms with van der Waals surface area (Å²) < 4.78 is 5.78. The summed E-state index contributed by atoms with van der Waals surface area (Å²) in [5.41, 5.74) is 9.30. The van der Waals surface area contributed by atoms with Crippen LogP contribution in [0.25, 0.3) is 0 Å². The van der Waals surface area contributed by atoms with E-state index in [0.29, 0.717) is 23.5 Å². The van der Waals surface area contributed by atoms with E-state index in [-0.39, 0.29) is 30.6 Å². The first kappa shape index (κ1) is 24.3. The first-order valence-electron chi connectivity index (χ1n) is 10.8. The first-order valence-corrected chi connectivity index (χ1v) is 10.8. The Morgan fingerprint density at radius 3 is 2.35 bits per heavy atom. The summed E-state index contributed by atoms with van der Waals surface area (Å²) in [6.07, 6.45) is 0.187. The Balaban J connectivity index is 1.57. The fourth-order valence-electron chi connectivity index (χ4n) is 3.25. The van der Waals surface area contributed by atoms with E-state index in [1.807, 2.05) is 54.6 Å². The zero-order valence-corrected chi connectivity index (χ0v) is 19.3. The number of amidine groups is 1. The molecule has 176 valence electrons. The Labute approximate surface area is 199 Å². The smallest absolute Gasteiger partial charge is 0.239 e. The van der Waals surface area contributed by atoms with Gasteiger partial charge in [0.1, 0.15) is 18.2 Å². The molecule has 0 saturated carbocycles. The van der Waals surface area contributed by atoms with Crippen LogP contribution in [-0.2, 0) is 22.6 Å². The molecule has 0 bridgehead atoms. The number of nitrogen functional groups attached to an aromatic ring is 1. The summed E-state index contributed by atoms with van der Waals surface area (Å²) in [6.45, 7) is 0.504. The fourth-order valence-corrected chi connectivity index (χ4v) is 3.25. The van der Waals surface area contributed by atoms with Crippen LogP contribution in [0.2, 0.25) is 0 Å². The highest BCUT2D eigenvalue weighted by Crippen LogP contribution is 2.20. The number of anilines is 2. The average Bonchev–Trinajstić information content (AvgIpc) is 2.84. The number of nitrogens with zero attached hydrogens (tertiary/aromatic N) is 1. The number of hydrogen-bond donors (Lipinski definition) is 4. The number of carbonyl (C=O) groups is 2. The van der Waals surface area contributed by atoms with Crippen LogP contribution in [0, 0.1) is 5.41 Å². The molecule has 0 spiro atoms. The minimum absolute atomic E-state index is 0.0242. The normalized spacial score (nSPS) is 10.3. The van der Waals surface area contributed by atoms with E-state index in [0.717, 1.165) is 16.9 Å². The third kappa shape index (κ3) is 6.83. The summed E-state index contributed by atoms with van der Waals surface area (Å²) in [5, 5.41) is 13.7. The molecular formula is C26H29N5O3. The third-order valence-electron chi connectivity index (χ3n) is 5.17. The van der Waals surface area contributed by atoms with Crippen molar-refractivity contribution in [1.29, 1.82) is 5.41 Å². The lowest BCUT2D eigenvalue weighted by Crippen LogP contribution is -2.37. The largest absolute Gasteiger partial charge is 0.489 e. The SMILES string of the molecule is CNC(=O)CN(C)C(=N)c1cc(NC(=O)Cc2ccc(OCc3ccccc3)cc2)ccc1N. The maximum Gasteiger partial charge on any atom is 0.239 e. The van der Waals surface area contributed by atoms with Gasteiger partial charge < -0.3 is 26.0 Å². The Bertz CT molecular complexity index is 1150. The van der Waals surface area contributed by atoms with Gasteiger partial charge in [-0.1, -0.05) is 42.5 Å². The van der Waals surface area contributed by atoms with Crippen molar-refractivity contribution in [2.75, 3.05) is 31.7 Å². The number of benzene rings is 3. The third-order valence-corrected chi connectivity index (χ3v) is 5.17. The summed E-state index contributed by atoms with van der Waals surface area (Å²) >= 11 is 0. The molecule has 2 amide bonds. The van der Waals surface area contributed by atoms with Gasteiger partial charge in [-0.15, -0.1) is 0 Å². The zero-order valence-electron chi connectivity index (χ0n) is 19.3. The van der Waals surface area contributed by atoms with E-state index in [1.54, 1.807) is 25.2 Å². The molecule has 8 nitrogen and oxygen atoms in total. The number of nitrogens with one attached hydrogen (secondary N) is 3. The second-order valence-corrected chi connectivity index (χ2v) is 7.82. The molecule has 0 unspecified atom stereocenters. The number of ether oxygens (including phenoxy) is 1. The maximum atomic E-state index is 12.6. The standard InChI is InChI=1S/C26H29N5O3/c1-29-25(33)16-31(2)26(28)22-15-20(10-13-23(22)27)30-24(32)14-18-8-11-21(12-9-18)34-17-19-6-4-3-5-7-19/h3-13,15,28H,14,16-17,27H2,1-2H3,(H,29,33)(H,30,32). The summed E-state index contributed by atoms with van der Waals surface area (Å²) in [4.78, 5) is 25.7. The van der Waals surface area contributed by atoms with Crippen molar-refractivity contribution < 1.29 is 14.3 Å². The molecule has 5 N–H and O–H groups in total. The Morgan fingerprint density at radius 1 is 0.971 bits per heavy atom. The molecule has 0 radical (unpaired) electrons. The molecule has 8 heteroatoms. The van der Waals surface area contributed by atoms with Gasteiger partial charge in [-0.25, -0.2) is 0 Å². The summed E-state index contributed by atoms with van der Waals surface area (Å²) in [7, 11) is 3.17. The molecule has 0 fully saturated rings. The van der Waals surface area contributed by atoms with Crippen LogP contribution in [0.15, 0.2) is 72.8 Å². The number of carbonyl (C=O) groups excluding carboxylic acids is 2. The molecule has 0 aliphatic heterocycles. The lowest BCUT2D eigenvalue weighted by Gasteiger charge is -2.20. The van der Waals surface area contributed by atoms with E-state index in [1.165, 1.54) is 11.9 Å². The zero-order chi connectivity index (χ0) is 24.5. The van der Waals surface area contributed by atoms with Crippen LogP contribution < -0.4 is 21.1 Å². The lowest BCUT2D eigenvalue weighted by atomic mass is 10.1. The van der Waals surface area contributed by atoms with Gasteiger partial charge in [-0.2, -0.15) is 0 Å².